The van der Waals surface area contributed by atoms with Crippen molar-refractivity contribution >= 4 is 31.9 Å². The van der Waals surface area contributed by atoms with Gasteiger partial charge in [0.05, 0.1) is 14.5 Å². The molecule has 0 unspecified atom stereocenters. The molecule has 0 radical (unpaired) electrons. The third kappa shape index (κ3) is 2.51. The molecule has 0 atom stereocenters. The molecular formula is C9H9Br2FO. The van der Waals surface area contributed by atoms with E-state index in [0.717, 1.165) is 0 Å². The van der Waals surface area contributed by atoms with Gasteiger partial charge in [-0.05, 0) is 63.4 Å². The molecule has 0 spiro atoms. The lowest BCUT2D eigenvalue weighted by molar-refractivity contribution is 0.0784. The van der Waals surface area contributed by atoms with Gasteiger partial charge in [0.2, 0.25) is 0 Å². The molecule has 0 aromatic heterocycles. The first-order chi connectivity index (χ1) is 5.82. The fourth-order valence-corrected chi connectivity index (χ4v) is 2.10. The summed E-state index contributed by atoms with van der Waals surface area (Å²) in [5.74, 6) is -0.354. The second kappa shape index (κ2) is 3.67. The Balaban J connectivity index is 3.29. The molecular weight excluding hydrogens is 303 g/mol. The minimum atomic E-state index is -0.960. The molecule has 0 saturated heterocycles. The van der Waals surface area contributed by atoms with Crippen LogP contribution < -0.4 is 0 Å². The number of benzene rings is 1. The highest BCUT2D eigenvalue weighted by molar-refractivity contribution is 9.11. The van der Waals surface area contributed by atoms with Crippen LogP contribution in [-0.4, -0.2) is 5.11 Å². The van der Waals surface area contributed by atoms with Crippen molar-refractivity contribution in [3.8, 4) is 0 Å². The standard InChI is InChI=1S/C9H9Br2FO/c1-9(2,13)5-3-6(10)8(12)7(11)4-5/h3-4,13H,1-2H3. The molecule has 1 nitrogen and oxygen atoms in total. The lowest BCUT2D eigenvalue weighted by Crippen LogP contribution is -2.15. The van der Waals surface area contributed by atoms with Crippen LogP contribution in [-0.2, 0) is 5.60 Å². The van der Waals surface area contributed by atoms with Crippen LogP contribution in [0.5, 0.6) is 0 Å². The maximum Gasteiger partial charge on any atom is 0.151 e. The molecule has 72 valence electrons. The SMILES string of the molecule is CC(C)(O)c1cc(Br)c(F)c(Br)c1. The highest BCUT2D eigenvalue weighted by atomic mass is 79.9. The average Bonchev–Trinajstić information content (AvgIpc) is 1.97. The summed E-state index contributed by atoms with van der Waals surface area (Å²) in [4.78, 5) is 0. The van der Waals surface area contributed by atoms with Crippen molar-refractivity contribution in [3.05, 3.63) is 32.5 Å². The topological polar surface area (TPSA) is 20.2 Å². The van der Waals surface area contributed by atoms with E-state index in [4.69, 9.17) is 0 Å². The third-order valence-corrected chi connectivity index (χ3v) is 2.84. The Labute approximate surface area is 93.2 Å². The molecule has 1 aromatic carbocycles. The molecule has 0 fully saturated rings. The van der Waals surface area contributed by atoms with Crippen molar-refractivity contribution in [2.24, 2.45) is 0 Å². The molecule has 0 bridgehead atoms. The minimum absolute atomic E-state index is 0.346. The van der Waals surface area contributed by atoms with E-state index in [1.54, 1.807) is 26.0 Å². The normalized spacial score (nSPS) is 11.8. The van der Waals surface area contributed by atoms with Gasteiger partial charge in [0.15, 0.2) is 5.82 Å². The summed E-state index contributed by atoms with van der Waals surface area (Å²) < 4.78 is 13.8. The Bertz CT molecular complexity index is 308. The van der Waals surface area contributed by atoms with Gasteiger partial charge in [0.25, 0.3) is 0 Å². The van der Waals surface area contributed by atoms with Gasteiger partial charge < -0.3 is 5.11 Å². The Hall–Kier alpha value is 0.0700. The van der Waals surface area contributed by atoms with Gasteiger partial charge in [-0.3, -0.25) is 0 Å². The van der Waals surface area contributed by atoms with Crippen molar-refractivity contribution < 1.29 is 9.50 Å². The highest BCUT2D eigenvalue weighted by Crippen LogP contribution is 2.30. The maximum atomic E-state index is 13.1. The van der Waals surface area contributed by atoms with Crippen LogP contribution in [0.4, 0.5) is 4.39 Å². The molecule has 0 saturated carbocycles. The summed E-state index contributed by atoms with van der Waals surface area (Å²) in [6, 6.07) is 3.14. The molecule has 1 N–H and O–H groups in total. The quantitative estimate of drug-likeness (QED) is 0.786. The fraction of sp³-hybridized carbons (Fsp3) is 0.333. The highest BCUT2D eigenvalue weighted by Gasteiger charge is 2.18. The van der Waals surface area contributed by atoms with Crippen molar-refractivity contribution in [1.29, 1.82) is 0 Å². The van der Waals surface area contributed by atoms with E-state index in [2.05, 4.69) is 31.9 Å². The van der Waals surface area contributed by atoms with E-state index in [0.29, 0.717) is 14.5 Å². The van der Waals surface area contributed by atoms with E-state index in [9.17, 15) is 9.50 Å². The molecule has 1 aromatic rings. The van der Waals surface area contributed by atoms with E-state index in [1.807, 2.05) is 0 Å². The molecule has 0 amide bonds. The summed E-state index contributed by atoms with van der Waals surface area (Å²) in [7, 11) is 0. The summed E-state index contributed by atoms with van der Waals surface area (Å²) in [6.45, 7) is 3.30. The Morgan fingerprint density at radius 1 is 1.23 bits per heavy atom. The van der Waals surface area contributed by atoms with Crippen LogP contribution in [0.2, 0.25) is 0 Å². The van der Waals surface area contributed by atoms with Gasteiger partial charge in [0, 0.05) is 0 Å². The summed E-state index contributed by atoms with van der Waals surface area (Å²) in [6.07, 6.45) is 0. The molecule has 1 rings (SSSR count). The van der Waals surface area contributed by atoms with Gasteiger partial charge in [0.1, 0.15) is 0 Å². The lowest BCUT2D eigenvalue weighted by Gasteiger charge is -2.18. The second-order valence-electron chi connectivity index (χ2n) is 3.31. The van der Waals surface area contributed by atoms with E-state index >= 15 is 0 Å². The second-order valence-corrected chi connectivity index (χ2v) is 5.02. The van der Waals surface area contributed by atoms with Crippen LogP contribution in [0.3, 0.4) is 0 Å². The maximum absolute atomic E-state index is 13.1. The van der Waals surface area contributed by atoms with Crippen LogP contribution in [0.15, 0.2) is 21.1 Å². The first-order valence-electron chi connectivity index (χ1n) is 3.70. The molecule has 0 aliphatic rings. The first-order valence-corrected chi connectivity index (χ1v) is 5.28. The van der Waals surface area contributed by atoms with E-state index in [1.165, 1.54) is 0 Å². The predicted molar refractivity (Wildman–Crippen MR) is 57.0 cm³/mol. The number of aliphatic hydroxyl groups is 1. The van der Waals surface area contributed by atoms with E-state index < -0.39 is 5.60 Å². The number of halogens is 3. The fourth-order valence-electron chi connectivity index (χ4n) is 0.909. The van der Waals surface area contributed by atoms with Gasteiger partial charge in [-0.15, -0.1) is 0 Å². The van der Waals surface area contributed by atoms with E-state index in [-0.39, 0.29) is 5.82 Å². The van der Waals surface area contributed by atoms with Crippen molar-refractivity contribution in [3.63, 3.8) is 0 Å². The molecule has 0 aliphatic heterocycles. The molecule has 0 heterocycles. The lowest BCUT2D eigenvalue weighted by atomic mass is 9.99. The monoisotopic (exact) mass is 310 g/mol. The third-order valence-electron chi connectivity index (χ3n) is 1.69. The largest absolute Gasteiger partial charge is 0.386 e. The number of hydrogen-bond donors (Lipinski definition) is 1. The summed E-state index contributed by atoms with van der Waals surface area (Å²) in [5, 5.41) is 9.66. The predicted octanol–water partition coefficient (Wildman–Crippen LogP) is 3.58. The van der Waals surface area contributed by atoms with Crippen LogP contribution in [0.25, 0.3) is 0 Å². The summed E-state index contributed by atoms with van der Waals surface area (Å²) >= 11 is 6.15. The van der Waals surface area contributed by atoms with Crippen molar-refractivity contribution in [2.75, 3.05) is 0 Å². The molecule has 13 heavy (non-hydrogen) atoms. The van der Waals surface area contributed by atoms with Crippen LogP contribution in [0.1, 0.15) is 19.4 Å². The van der Waals surface area contributed by atoms with Crippen LogP contribution in [0, 0.1) is 5.82 Å². The van der Waals surface area contributed by atoms with Crippen molar-refractivity contribution in [1.82, 2.24) is 0 Å². The van der Waals surface area contributed by atoms with Crippen LogP contribution >= 0.6 is 31.9 Å². The smallest absolute Gasteiger partial charge is 0.151 e. The van der Waals surface area contributed by atoms with Crippen molar-refractivity contribution in [2.45, 2.75) is 19.4 Å². The number of hydrogen-bond acceptors (Lipinski definition) is 1. The zero-order valence-electron chi connectivity index (χ0n) is 7.24. The van der Waals surface area contributed by atoms with Gasteiger partial charge >= 0.3 is 0 Å². The molecule has 4 heteroatoms. The number of rotatable bonds is 1. The van der Waals surface area contributed by atoms with Gasteiger partial charge in [-0.25, -0.2) is 4.39 Å². The van der Waals surface area contributed by atoms with Gasteiger partial charge in [-0.2, -0.15) is 0 Å². The molecule has 0 aliphatic carbocycles. The summed E-state index contributed by atoms with van der Waals surface area (Å²) in [5.41, 5.74) is -0.300. The Kier molecular flexibility index (Phi) is 3.15. The first kappa shape index (κ1) is 11.1. The minimum Gasteiger partial charge on any atom is -0.386 e. The zero-order chi connectivity index (χ0) is 10.2. The van der Waals surface area contributed by atoms with Gasteiger partial charge in [-0.1, -0.05) is 0 Å². The zero-order valence-corrected chi connectivity index (χ0v) is 10.4. The Morgan fingerprint density at radius 2 is 1.62 bits per heavy atom. The average molecular weight is 312 g/mol. The Morgan fingerprint density at radius 3 is 1.92 bits per heavy atom.